The van der Waals surface area contributed by atoms with Gasteiger partial charge >= 0.3 is 0 Å². The number of hydrogen-bond donors (Lipinski definition) is 1. The fourth-order valence-electron chi connectivity index (χ4n) is 3.19. The molecule has 0 saturated heterocycles. The van der Waals surface area contributed by atoms with Gasteiger partial charge in [-0.3, -0.25) is 4.21 Å². The third-order valence-electron chi connectivity index (χ3n) is 4.33. The highest BCUT2D eigenvalue weighted by Crippen LogP contribution is 2.28. The fraction of sp³-hybridized carbons (Fsp3) is 0.471. The van der Waals surface area contributed by atoms with Gasteiger partial charge in [0.2, 0.25) is 0 Å². The summed E-state index contributed by atoms with van der Waals surface area (Å²) < 4.78 is 12.0. The maximum Gasteiger partial charge on any atom is 0.139 e. The number of aromatic nitrogens is 1. The van der Waals surface area contributed by atoms with E-state index in [0.29, 0.717) is 16.4 Å². The Kier molecular flexibility index (Phi) is 4.99. The topological polar surface area (TPSA) is 42.0 Å². The van der Waals surface area contributed by atoms with E-state index < -0.39 is 10.8 Å². The molecule has 1 aromatic carbocycles. The molecule has 1 aliphatic rings. The highest BCUT2D eigenvalue weighted by Gasteiger charge is 2.25. The minimum atomic E-state index is -0.705. The van der Waals surface area contributed by atoms with Gasteiger partial charge in [0.05, 0.1) is 0 Å². The maximum atomic E-state index is 12.0. The molecule has 1 saturated carbocycles. The summed E-state index contributed by atoms with van der Waals surface area (Å²) in [5, 5.41) is 6.40. The van der Waals surface area contributed by atoms with Crippen LogP contribution in [-0.4, -0.2) is 26.2 Å². The zero-order valence-electron chi connectivity index (χ0n) is 12.7. The summed E-state index contributed by atoms with van der Waals surface area (Å²) in [5.74, 6) is 1.56. The molecular weight excluding hydrogens is 316 g/mol. The van der Waals surface area contributed by atoms with Gasteiger partial charge in [0.25, 0.3) is 0 Å². The molecule has 0 bridgehead atoms. The molecule has 3 unspecified atom stereocenters. The Bertz CT molecular complexity index is 691. The summed E-state index contributed by atoms with van der Waals surface area (Å²) in [6, 6.07) is 10.4. The van der Waals surface area contributed by atoms with Crippen LogP contribution in [0.2, 0.25) is 5.15 Å². The molecule has 0 amide bonds. The number of fused-ring (bicyclic) bond motifs is 1. The minimum absolute atomic E-state index is 0.312. The molecule has 3 nitrogen and oxygen atoms in total. The number of anilines is 1. The number of halogens is 1. The molecule has 1 aliphatic carbocycles. The number of nitrogens with zero attached hydrogens (tertiary/aromatic N) is 1. The number of rotatable bonds is 4. The van der Waals surface area contributed by atoms with Crippen molar-refractivity contribution in [2.24, 2.45) is 0 Å². The SMILES string of the molecule is CCS(=O)C1CCCC(Nc2cc3ccccc3c(Cl)n2)C1. The summed E-state index contributed by atoms with van der Waals surface area (Å²) in [6.07, 6.45) is 4.25. The largest absolute Gasteiger partial charge is 0.367 e. The number of benzene rings is 1. The molecule has 1 aromatic heterocycles. The Morgan fingerprint density at radius 1 is 1.36 bits per heavy atom. The van der Waals surface area contributed by atoms with Crippen LogP contribution in [0.3, 0.4) is 0 Å². The standard InChI is InChI=1S/C17H21ClN2OS/c1-2-22(21)14-8-5-7-13(11-14)19-16-10-12-6-3-4-9-15(12)17(18)20-16/h3-4,6,9-10,13-14H,2,5,7-8,11H2,1H3,(H,19,20). The lowest BCUT2D eigenvalue weighted by molar-refractivity contribution is 0.464. The predicted octanol–water partition coefficient (Wildman–Crippen LogP) is 4.38. The molecule has 1 fully saturated rings. The van der Waals surface area contributed by atoms with Crippen molar-refractivity contribution in [1.82, 2.24) is 4.98 Å². The van der Waals surface area contributed by atoms with E-state index >= 15 is 0 Å². The van der Waals surface area contributed by atoms with Crippen LogP contribution in [0.5, 0.6) is 0 Å². The van der Waals surface area contributed by atoms with Crippen molar-refractivity contribution < 1.29 is 4.21 Å². The van der Waals surface area contributed by atoms with Gasteiger partial charge in [-0.05, 0) is 30.7 Å². The van der Waals surface area contributed by atoms with Gasteiger partial charge in [-0.1, -0.05) is 49.2 Å². The first-order valence-electron chi connectivity index (χ1n) is 7.86. The van der Waals surface area contributed by atoms with E-state index in [0.717, 1.165) is 48.0 Å². The molecule has 1 heterocycles. The first-order chi connectivity index (χ1) is 10.7. The average molecular weight is 337 g/mol. The molecule has 118 valence electrons. The summed E-state index contributed by atoms with van der Waals surface area (Å²) >= 11 is 6.28. The van der Waals surface area contributed by atoms with Gasteiger partial charge in [0.1, 0.15) is 11.0 Å². The summed E-state index contributed by atoms with van der Waals surface area (Å²) in [7, 11) is -0.705. The smallest absolute Gasteiger partial charge is 0.139 e. The van der Waals surface area contributed by atoms with E-state index in [9.17, 15) is 4.21 Å². The molecule has 22 heavy (non-hydrogen) atoms. The Morgan fingerprint density at radius 3 is 3.00 bits per heavy atom. The van der Waals surface area contributed by atoms with Crippen molar-refractivity contribution in [2.75, 3.05) is 11.1 Å². The van der Waals surface area contributed by atoms with Crippen LogP contribution in [-0.2, 0) is 10.8 Å². The molecule has 3 atom stereocenters. The predicted molar refractivity (Wildman–Crippen MR) is 95.1 cm³/mol. The second kappa shape index (κ2) is 6.97. The normalized spacial score (nSPS) is 23.4. The lowest BCUT2D eigenvalue weighted by Crippen LogP contribution is -2.33. The summed E-state index contributed by atoms with van der Waals surface area (Å²) in [4.78, 5) is 4.46. The lowest BCUT2D eigenvalue weighted by Gasteiger charge is -2.29. The molecule has 0 aliphatic heterocycles. The first-order valence-corrected chi connectivity index (χ1v) is 9.62. The van der Waals surface area contributed by atoms with Crippen LogP contribution in [0.4, 0.5) is 5.82 Å². The molecular formula is C17H21ClN2OS. The Balaban J connectivity index is 1.76. The van der Waals surface area contributed by atoms with Gasteiger partial charge in [-0.2, -0.15) is 0 Å². The van der Waals surface area contributed by atoms with Crippen molar-refractivity contribution in [2.45, 2.75) is 43.9 Å². The maximum absolute atomic E-state index is 12.0. The van der Waals surface area contributed by atoms with Gasteiger partial charge < -0.3 is 5.32 Å². The van der Waals surface area contributed by atoms with E-state index in [1.807, 2.05) is 37.3 Å². The Labute approximate surface area is 138 Å². The molecule has 3 rings (SSSR count). The number of pyridine rings is 1. The Morgan fingerprint density at radius 2 is 2.18 bits per heavy atom. The first kappa shape index (κ1) is 15.8. The molecule has 1 N–H and O–H groups in total. The van der Waals surface area contributed by atoms with Gasteiger partial charge in [0.15, 0.2) is 0 Å². The van der Waals surface area contributed by atoms with E-state index in [-0.39, 0.29) is 0 Å². The zero-order valence-corrected chi connectivity index (χ0v) is 14.3. The van der Waals surface area contributed by atoms with Gasteiger partial charge in [-0.15, -0.1) is 0 Å². The van der Waals surface area contributed by atoms with Gasteiger partial charge in [0, 0.05) is 33.2 Å². The monoisotopic (exact) mass is 336 g/mol. The highest BCUT2D eigenvalue weighted by molar-refractivity contribution is 7.85. The van der Waals surface area contributed by atoms with Crippen molar-refractivity contribution in [3.8, 4) is 0 Å². The van der Waals surface area contributed by atoms with Crippen LogP contribution in [0, 0.1) is 0 Å². The highest BCUT2D eigenvalue weighted by atomic mass is 35.5. The van der Waals surface area contributed by atoms with Crippen LogP contribution < -0.4 is 5.32 Å². The van der Waals surface area contributed by atoms with Crippen LogP contribution >= 0.6 is 11.6 Å². The molecule has 5 heteroatoms. The van der Waals surface area contributed by atoms with Gasteiger partial charge in [-0.25, -0.2) is 4.98 Å². The number of nitrogens with one attached hydrogen (secondary N) is 1. The van der Waals surface area contributed by atoms with Crippen molar-refractivity contribution in [1.29, 1.82) is 0 Å². The second-order valence-corrected chi connectivity index (χ2v) is 8.18. The molecule has 0 radical (unpaired) electrons. The van der Waals surface area contributed by atoms with Crippen molar-refractivity contribution in [3.05, 3.63) is 35.5 Å². The van der Waals surface area contributed by atoms with Crippen LogP contribution in [0.1, 0.15) is 32.6 Å². The Hall–Kier alpha value is -1.13. The third-order valence-corrected chi connectivity index (χ3v) is 6.36. The zero-order chi connectivity index (χ0) is 15.5. The quantitative estimate of drug-likeness (QED) is 0.842. The van der Waals surface area contributed by atoms with Crippen molar-refractivity contribution in [3.63, 3.8) is 0 Å². The van der Waals surface area contributed by atoms with Crippen LogP contribution in [0.25, 0.3) is 10.8 Å². The van der Waals surface area contributed by atoms with Crippen LogP contribution in [0.15, 0.2) is 30.3 Å². The fourth-order valence-corrected chi connectivity index (χ4v) is 4.80. The van der Waals surface area contributed by atoms with Crippen molar-refractivity contribution >= 4 is 39.0 Å². The average Bonchev–Trinajstić information content (AvgIpc) is 2.54. The summed E-state index contributed by atoms with van der Waals surface area (Å²) in [6.45, 7) is 2.00. The molecule has 2 aromatic rings. The van der Waals surface area contributed by atoms with E-state index in [4.69, 9.17) is 11.6 Å². The summed E-state index contributed by atoms with van der Waals surface area (Å²) in [5.41, 5.74) is 0. The third kappa shape index (κ3) is 3.44. The minimum Gasteiger partial charge on any atom is -0.367 e. The van der Waals surface area contributed by atoms with E-state index in [1.54, 1.807) is 0 Å². The number of hydrogen-bond acceptors (Lipinski definition) is 3. The van der Waals surface area contributed by atoms with E-state index in [2.05, 4.69) is 10.3 Å². The molecule has 0 spiro atoms. The van der Waals surface area contributed by atoms with E-state index in [1.165, 1.54) is 0 Å². The lowest BCUT2D eigenvalue weighted by atomic mass is 9.95. The second-order valence-electron chi connectivity index (χ2n) is 5.82.